The molecular formula is C13H11F2NO4. The van der Waals surface area contributed by atoms with Gasteiger partial charge in [0.25, 0.3) is 5.78 Å². The van der Waals surface area contributed by atoms with Gasteiger partial charge in [-0.3, -0.25) is 14.9 Å². The quantitative estimate of drug-likeness (QED) is 0.865. The summed E-state index contributed by atoms with van der Waals surface area (Å²) in [5.41, 5.74) is -1.70. The van der Waals surface area contributed by atoms with Gasteiger partial charge in [-0.2, -0.15) is 0 Å². The minimum atomic E-state index is -1.73. The van der Waals surface area contributed by atoms with Gasteiger partial charge in [-0.25, -0.2) is 8.78 Å². The summed E-state index contributed by atoms with van der Waals surface area (Å²) >= 11 is 0. The van der Waals surface area contributed by atoms with Crippen molar-refractivity contribution in [1.82, 2.24) is 5.32 Å². The van der Waals surface area contributed by atoms with E-state index in [2.05, 4.69) is 5.32 Å². The van der Waals surface area contributed by atoms with E-state index in [0.717, 1.165) is 12.1 Å². The minimum Gasteiger partial charge on any atom is -0.501 e. The van der Waals surface area contributed by atoms with Crippen LogP contribution in [0, 0.1) is 11.6 Å². The highest BCUT2D eigenvalue weighted by Gasteiger charge is 2.48. The first kappa shape index (κ1) is 14.0. The number of ketones is 1. The summed E-state index contributed by atoms with van der Waals surface area (Å²) in [5, 5.41) is 11.8. The molecule has 0 aromatic heterocycles. The lowest BCUT2D eigenvalue weighted by Gasteiger charge is -2.23. The van der Waals surface area contributed by atoms with Gasteiger partial charge in [0.15, 0.2) is 17.2 Å². The van der Waals surface area contributed by atoms with Crippen molar-refractivity contribution >= 4 is 11.7 Å². The number of carbonyl (C=O) groups is 2. The average Bonchev–Trinajstić information content (AvgIpc) is 2.58. The first-order chi connectivity index (χ1) is 9.25. The van der Waals surface area contributed by atoms with Gasteiger partial charge < -0.3 is 9.84 Å². The molecule has 0 fully saturated rings. The Kier molecular flexibility index (Phi) is 3.21. The molecule has 7 heteroatoms. The number of ether oxygens (including phenoxy) is 1. The number of rotatable bonds is 2. The van der Waals surface area contributed by atoms with Crippen molar-refractivity contribution < 1.29 is 28.2 Å². The van der Waals surface area contributed by atoms with Crippen molar-refractivity contribution in [3.05, 3.63) is 47.0 Å². The van der Waals surface area contributed by atoms with Gasteiger partial charge in [0.2, 0.25) is 17.5 Å². The molecule has 20 heavy (non-hydrogen) atoms. The van der Waals surface area contributed by atoms with Gasteiger partial charge >= 0.3 is 0 Å². The second-order valence-electron chi connectivity index (χ2n) is 4.45. The van der Waals surface area contributed by atoms with Crippen molar-refractivity contribution in [3.8, 4) is 0 Å². The van der Waals surface area contributed by atoms with Crippen LogP contribution in [0.15, 0.2) is 29.8 Å². The molecule has 2 rings (SSSR count). The average molecular weight is 283 g/mol. The smallest absolute Gasteiger partial charge is 0.250 e. The van der Waals surface area contributed by atoms with Crippen molar-refractivity contribution in [2.24, 2.45) is 0 Å². The molecule has 1 aromatic carbocycles. The number of nitrogens with one attached hydrogen (secondary N) is 1. The number of halogens is 2. The van der Waals surface area contributed by atoms with E-state index >= 15 is 0 Å². The Morgan fingerprint density at radius 1 is 1.35 bits per heavy atom. The SMILES string of the molecule is CC(=O)NC1=C(O)C(=O)C(C)(c2ccc(F)c(F)c2)O1. The van der Waals surface area contributed by atoms with Gasteiger partial charge in [-0.1, -0.05) is 6.07 Å². The van der Waals surface area contributed by atoms with Crippen LogP contribution in [0.1, 0.15) is 19.4 Å². The Balaban J connectivity index is 2.40. The molecule has 1 unspecified atom stereocenters. The van der Waals surface area contributed by atoms with Crippen LogP contribution < -0.4 is 5.32 Å². The molecule has 0 bridgehead atoms. The fourth-order valence-electron chi connectivity index (χ4n) is 1.86. The van der Waals surface area contributed by atoms with Crippen molar-refractivity contribution in [1.29, 1.82) is 0 Å². The fraction of sp³-hybridized carbons (Fsp3) is 0.231. The molecule has 0 aliphatic carbocycles. The Morgan fingerprint density at radius 3 is 2.55 bits per heavy atom. The molecule has 1 aliphatic heterocycles. The van der Waals surface area contributed by atoms with E-state index in [9.17, 15) is 23.5 Å². The molecule has 0 saturated carbocycles. The summed E-state index contributed by atoms with van der Waals surface area (Å²) in [6, 6.07) is 2.82. The largest absolute Gasteiger partial charge is 0.501 e. The number of hydrogen-bond acceptors (Lipinski definition) is 4. The predicted octanol–water partition coefficient (Wildman–Crippen LogP) is 1.64. The molecule has 1 atom stereocenters. The molecular weight excluding hydrogens is 272 g/mol. The lowest BCUT2D eigenvalue weighted by atomic mass is 9.91. The van der Waals surface area contributed by atoms with Crippen LogP contribution in [0.5, 0.6) is 0 Å². The highest BCUT2D eigenvalue weighted by atomic mass is 19.2. The Labute approximate surface area is 112 Å². The number of hydrogen-bond donors (Lipinski definition) is 2. The molecule has 0 saturated heterocycles. The summed E-state index contributed by atoms with van der Waals surface area (Å²) in [5.74, 6) is -4.79. The van der Waals surface area contributed by atoms with Gasteiger partial charge in [-0.05, 0) is 19.1 Å². The summed E-state index contributed by atoms with van der Waals surface area (Å²) in [4.78, 5) is 23.0. The summed E-state index contributed by atoms with van der Waals surface area (Å²) < 4.78 is 31.4. The van der Waals surface area contributed by atoms with Gasteiger partial charge in [0, 0.05) is 12.5 Å². The normalized spacial score (nSPS) is 21.9. The van der Waals surface area contributed by atoms with E-state index in [0.29, 0.717) is 0 Å². The van der Waals surface area contributed by atoms with E-state index < -0.39 is 40.6 Å². The maximum Gasteiger partial charge on any atom is 0.250 e. The topological polar surface area (TPSA) is 75.6 Å². The van der Waals surface area contributed by atoms with Crippen molar-refractivity contribution in [2.45, 2.75) is 19.4 Å². The van der Waals surface area contributed by atoms with Gasteiger partial charge in [0.05, 0.1) is 0 Å². The number of amides is 1. The third-order valence-corrected chi connectivity index (χ3v) is 2.93. The lowest BCUT2D eigenvalue weighted by molar-refractivity contribution is -0.132. The lowest BCUT2D eigenvalue weighted by Crippen LogP contribution is -2.32. The van der Waals surface area contributed by atoms with Crippen LogP contribution in [-0.4, -0.2) is 16.8 Å². The number of aliphatic hydroxyl groups is 1. The van der Waals surface area contributed by atoms with E-state index in [-0.39, 0.29) is 5.56 Å². The maximum absolute atomic E-state index is 13.2. The molecule has 2 N–H and O–H groups in total. The number of aliphatic hydroxyl groups excluding tert-OH is 1. The Hall–Kier alpha value is -2.44. The first-order valence-corrected chi connectivity index (χ1v) is 5.66. The molecule has 106 valence electrons. The Morgan fingerprint density at radius 2 is 2.00 bits per heavy atom. The van der Waals surface area contributed by atoms with Crippen LogP contribution in [0.25, 0.3) is 0 Å². The first-order valence-electron chi connectivity index (χ1n) is 5.66. The van der Waals surface area contributed by atoms with Crippen LogP contribution in [0.4, 0.5) is 8.78 Å². The van der Waals surface area contributed by atoms with Crippen molar-refractivity contribution in [3.63, 3.8) is 0 Å². The van der Waals surface area contributed by atoms with Crippen LogP contribution in [0.3, 0.4) is 0 Å². The monoisotopic (exact) mass is 283 g/mol. The highest BCUT2D eigenvalue weighted by Crippen LogP contribution is 2.37. The maximum atomic E-state index is 13.2. The van der Waals surface area contributed by atoms with Gasteiger partial charge in [-0.15, -0.1) is 0 Å². The molecule has 5 nitrogen and oxygen atoms in total. The zero-order valence-electron chi connectivity index (χ0n) is 10.7. The van der Waals surface area contributed by atoms with Crippen LogP contribution in [-0.2, 0) is 19.9 Å². The zero-order valence-corrected chi connectivity index (χ0v) is 10.7. The molecule has 1 aliphatic rings. The molecule has 1 amide bonds. The second kappa shape index (κ2) is 4.59. The fourth-order valence-corrected chi connectivity index (χ4v) is 1.86. The molecule has 1 heterocycles. The molecule has 0 radical (unpaired) electrons. The van der Waals surface area contributed by atoms with E-state index in [1.54, 1.807) is 0 Å². The zero-order chi connectivity index (χ0) is 15.1. The minimum absolute atomic E-state index is 0.0216. The highest BCUT2D eigenvalue weighted by molar-refractivity contribution is 6.03. The predicted molar refractivity (Wildman–Crippen MR) is 63.3 cm³/mol. The third kappa shape index (κ3) is 2.11. The van der Waals surface area contributed by atoms with Gasteiger partial charge in [0.1, 0.15) is 0 Å². The number of Topliss-reactive ketones (excluding diaryl/α,β-unsaturated/α-hetero) is 1. The third-order valence-electron chi connectivity index (χ3n) is 2.93. The number of benzene rings is 1. The van der Waals surface area contributed by atoms with E-state index in [1.807, 2.05) is 0 Å². The molecule has 1 aromatic rings. The summed E-state index contributed by atoms with van der Waals surface area (Å²) in [6.45, 7) is 2.45. The van der Waals surface area contributed by atoms with Crippen molar-refractivity contribution in [2.75, 3.05) is 0 Å². The second-order valence-corrected chi connectivity index (χ2v) is 4.45. The standard InChI is InChI=1S/C13H11F2NO4/c1-6(17)16-12-10(18)11(19)13(2,20-12)7-3-4-8(14)9(15)5-7/h3-5,18H,1-2H3,(H,16,17). The summed E-state index contributed by atoms with van der Waals surface area (Å²) in [6.07, 6.45) is 0. The Bertz CT molecular complexity index is 641. The summed E-state index contributed by atoms with van der Waals surface area (Å²) in [7, 11) is 0. The van der Waals surface area contributed by atoms with Crippen LogP contribution >= 0.6 is 0 Å². The number of carbonyl (C=O) groups excluding carboxylic acids is 2. The van der Waals surface area contributed by atoms with E-state index in [4.69, 9.17) is 4.74 Å². The molecule has 0 spiro atoms. The van der Waals surface area contributed by atoms with Crippen LogP contribution in [0.2, 0.25) is 0 Å². The van der Waals surface area contributed by atoms with E-state index in [1.165, 1.54) is 19.9 Å².